The van der Waals surface area contributed by atoms with Gasteiger partial charge in [0.1, 0.15) is 5.52 Å². The van der Waals surface area contributed by atoms with E-state index in [4.69, 9.17) is 0 Å². The third-order valence-corrected chi connectivity index (χ3v) is 3.82. The van der Waals surface area contributed by atoms with E-state index >= 15 is 0 Å². The zero-order chi connectivity index (χ0) is 13.7. The molecule has 0 atom stereocenters. The van der Waals surface area contributed by atoms with E-state index < -0.39 is 0 Å². The van der Waals surface area contributed by atoms with Crippen molar-refractivity contribution >= 4 is 27.3 Å². The summed E-state index contributed by atoms with van der Waals surface area (Å²) < 4.78 is 3.91. The molecule has 0 aliphatic rings. The Hall–Kier alpha value is -2.68. The maximum Gasteiger partial charge on any atom is 0.256 e. The van der Waals surface area contributed by atoms with Gasteiger partial charge in [-0.2, -0.15) is 4.57 Å². The van der Waals surface area contributed by atoms with E-state index in [1.54, 1.807) is 10.5 Å². The van der Waals surface area contributed by atoms with Gasteiger partial charge in [-0.3, -0.25) is 9.20 Å². The number of aromatic nitrogens is 2. The molecule has 3 heterocycles. The first-order chi connectivity index (χ1) is 9.81. The van der Waals surface area contributed by atoms with Gasteiger partial charge in [-0.15, -0.1) is 0 Å². The van der Waals surface area contributed by atoms with Crippen molar-refractivity contribution in [2.24, 2.45) is 0 Å². The fourth-order valence-electron chi connectivity index (χ4n) is 2.99. The lowest BCUT2D eigenvalue weighted by Crippen LogP contribution is -2.34. The molecule has 0 saturated heterocycles. The molecule has 0 N–H and O–H groups in total. The van der Waals surface area contributed by atoms with Crippen molar-refractivity contribution in [3.8, 4) is 0 Å². The van der Waals surface area contributed by atoms with Crippen molar-refractivity contribution in [2.75, 3.05) is 0 Å². The standard InChI is InChI=1S/C17H13N2O/c1-2-10-18-11-9-13-12-5-3-4-6-14(12)19-16(20)8-7-15(18)17(13)19/h2-9,11H,1,10H2/q+1. The number of hydrogen-bond donors (Lipinski definition) is 0. The summed E-state index contributed by atoms with van der Waals surface area (Å²) in [5.74, 6) is 0. The molecule has 3 aromatic heterocycles. The van der Waals surface area contributed by atoms with Gasteiger partial charge in [-0.25, -0.2) is 0 Å². The first-order valence-corrected chi connectivity index (χ1v) is 6.60. The van der Waals surface area contributed by atoms with Gasteiger partial charge in [0, 0.05) is 29.0 Å². The van der Waals surface area contributed by atoms with Gasteiger partial charge in [0.05, 0.1) is 5.52 Å². The van der Waals surface area contributed by atoms with Crippen LogP contribution in [0.15, 0.2) is 66.1 Å². The highest BCUT2D eigenvalue weighted by atomic mass is 16.1. The molecule has 0 saturated carbocycles. The Bertz CT molecular complexity index is 1010. The Labute approximate surface area is 115 Å². The molecule has 20 heavy (non-hydrogen) atoms. The van der Waals surface area contributed by atoms with Crippen LogP contribution in [0.5, 0.6) is 0 Å². The summed E-state index contributed by atoms with van der Waals surface area (Å²) in [5.41, 5.74) is 3.02. The maximum absolute atomic E-state index is 12.3. The van der Waals surface area contributed by atoms with Crippen LogP contribution in [0.2, 0.25) is 0 Å². The average molecular weight is 261 g/mol. The second-order valence-electron chi connectivity index (χ2n) is 4.93. The summed E-state index contributed by atoms with van der Waals surface area (Å²) in [5, 5.41) is 2.24. The third-order valence-electron chi connectivity index (χ3n) is 3.82. The lowest BCUT2D eigenvalue weighted by atomic mass is 10.2. The van der Waals surface area contributed by atoms with Crippen LogP contribution in [0.3, 0.4) is 0 Å². The predicted octanol–water partition coefficient (Wildman–Crippen LogP) is 2.52. The Balaban J connectivity index is 2.37. The van der Waals surface area contributed by atoms with Gasteiger partial charge >= 0.3 is 0 Å². The smallest absolute Gasteiger partial charge is 0.256 e. The summed E-state index contributed by atoms with van der Waals surface area (Å²) in [4.78, 5) is 12.3. The van der Waals surface area contributed by atoms with Crippen LogP contribution in [-0.2, 0) is 6.54 Å². The van der Waals surface area contributed by atoms with Crippen LogP contribution in [0.25, 0.3) is 27.3 Å². The molecule has 0 bridgehead atoms. The summed E-state index contributed by atoms with van der Waals surface area (Å²) in [6.45, 7) is 4.52. The monoisotopic (exact) mass is 261 g/mol. The van der Waals surface area contributed by atoms with Crippen molar-refractivity contribution in [1.82, 2.24) is 4.40 Å². The van der Waals surface area contributed by atoms with Crippen molar-refractivity contribution in [1.29, 1.82) is 0 Å². The largest absolute Gasteiger partial charge is 0.270 e. The van der Waals surface area contributed by atoms with Gasteiger partial charge in [-0.05, 0) is 12.1 Å². The first-order valence-electron chi connectivity index (χ1n) is 6.60. The molecule has 0 amide bonds. The Morgan fingerprint density at radius 1 is 1.10 bits per heavy atom. The van der Waals surface area contributed by atoms with Crippen LogP contribution >= 0.6 is 0 Å². The quantitative estimate of drug-likeness (QED) is 0.402. The molecular formula is C17H13N2O+. The van der Waals surface area contributed by atoms with Crippen LogP contribution in [0.4, 0.5) is 0 Å². The van der Waals surface area contributed by atoms with E-state index in [1.165, 1.54) is 0 Å². The molecule has 3 heteroatoms. The highest BCUT2D eigenvalue weighted by Crippen LogP contribution is 2.28. The van der Waals surface area contributed by atoms with Gasteiger partial charge < -0.3 is 0 Å². The molecule has 0 radical (unpaired) electrons. The van der Waals surface area contributed by atoms with Gasteiger partial charge in [-0.1, -0.05) is 24.8 Å². The summed E-state index contributed by atoms with van der Waals surface area (Å²) in [7, 11) is 0. The van der Waals surface area contributed by atoms with E-state index in [-0.39, 0.29) is 5.56 Å². The maximum atomic E-state index is 12.3. The number of hydrogen-bond acceptors (Lipinski definition) is 1. The van der Waals surface area contributed by atoms with Crippen LogP contribution in [0, 0.1) is 0 Å². The van der Waals surface area contributed by atoms with Crippen molar-refractivity contribution in [3.63, 3.8) is 0 Å². The number of allylic oxidation sites excluding steroid dienone is 1. The molecule has 1 aromatic carbocycles. The molecule has 0 aliphatic carbocycles. The Kier molecular flexibility index (Phi) is 2.18. The molecule has 0 aliphatic heterocycles. The molecule has 0 unspecified atom stereocenters. The zero-order valence-corrected chi connectivity index (χ0v) is 10.9. The fraction of sp³-hybridized carbons (Fsp3) is 0.0588. The van der Waals surface area contributed by atoms with Crippen molar-refractivity contribution < 1.29 is 4.57 Å². The van der Waals surface area contributed by atoms with Gasteiger partial charge in [0.15, 0.2) is 12.7 Å². The number of para-hydroxylation sites is 1. The molecule has 4 rings (SSSR count). The number of pyridine rings is 2. The zero-order valence-electron chi connectivity index (χ0n) is 10.9. The highest BCUT2D eigenvalue weighted by molar-refractivity contribution is 6.11. The van der Waals surface area contributed by atoms with Crippen LogP contribution in [-0.4, -0.2) is 4.40 Å². The van der Waals surface area contributed by atoms with E-state index in [2.05, 4.69) is 29.5 Å². The molecule has 96 valence electrons. The van der Waals surface area contributed by atoms with Crippen LogP contribution in [0.1, 0.15) is 0 Å². The molecule has 0 spiro atoms. The number of rotatable bonds is 2. The first kappa shape index (κ1) is 11.2. The summed E-state index contributed by atoms with van der Waals surface area (Å²) in [6, 6.07) is 13.6. The minimum absolute atomic E-state index is 0.0139. The minimum Gasteiger partial charge on any atom is -0.270 e. The Morgan fingerprint density at radius 3 is 2.80 bits per heavy atom. The van der Waals surface area contributed by atoms with Crippen molar-refractivity contribution in [2.45, 2.75) is 6.54 Å². The van der Waals surface area contributed by atoms with Gasteiger partial charge in [0.25, 0.3) is 5.56 Å². The molecule has 0 fully saturated rings. The third kappa shape index (κ3) is 1.29. The summed E-state index contributed by atoms with van der Waals surface area (Å²) in [6.07, 6.45) is 3.91. The predicted molar refractivity (Wildman–Crippen MR) is 80.3 cm³/mol. The second kappa shape index (κ2) is 3.90. The topological polar surface area (TPSA) is 25.4 Å². The average Bonchev–Trinajstić information content (AvgIpc) is 2.81. The minimum atomic E-state index is 0.0139. The number of nitrogens with zero attached hydrogens (tertiary/aromatic N) is 2. The summed E-state index contributed by atoms with van der Waals surface area (Å²) >= 11 is 0. The number of benzene rings is 1. The second-order valence-corrected chi connectivity index (χ2v) is 4.93. The fourth-order valence-corrected chi connectivity index (χ4v) is 2.99. The number of fused-ring (bicyclic) bond motifs is 3. The highest BCUT2D eigenvalue weighted by Gasteiger charge is 2.18. The molecule has 4 aromatic rings. The Morgan fingerprint density at radius 2 is 1.95 bits per heavy atom. The SMILES string of the molecule is C=CC[n+]1ccc2c3ccccc3n3c(=O)ccc1c23. The van der Waals surface area contributed by atoms with E-state index in [1.807, 2.05) is 30.3 Å². The lowest BCUT2D eigenvalue weighted by molar-refractivity contribution is -0.660. The van der Waals surface area contributed by atoms with Gasteiger partial charge in [0.2, 0.25) is 5.52 Å². The van der Waals surface area contributed by atoms with Crippen LogP contribution < -0.4 is 10.1 Å². The molecular weight excluding hydrogens is 248 g/mol. The van der Waals surface area contributed by atoms with E-state index in [0.29, 0.717) is 0 Å². The normalized spacial score (nSPS) is 11.6. The lowest BCUT2D eigenvalue weighted by Gasteiger charge is -2.00. The van der Waals surface area contributed by atoms with Crippen molar-refractivity contribution in [3.05, 3.63) is 71.7 Å². The molecule has 3 nitrogen and oxygen atoms in total. The van der Waals surface area contributed by atoms with E-state index in [9.17, 15) is 4.79 Å². The van der Waals surface area contributed by atoms with E-state index in [0.717, 1.165) is 33.9 Å².